The third-order valence-electron chi connectivity index (χ3n) is 5.76. The lowest BCUT2D eigenvalue weighted by Crippen LogP contribution is -2.46. The lowest BCUT2D eigenvalue weighted by atomic mass is 9.84. The van der Waals surface area contributed by atoms with Crippen molar-refractivity contribution in [3.05, 3.63) is 29.7 Å². The van der Waals surface area contributed by atoms with E-state index in [4.69, 9.17) is 4.74 Å². The fraction of sp³-hybridized carbons (Fsp3) is 0.474. The highest BCUT2D eigenvalue weighted by Crippen LogP contribution is 2.41. The number of carboxylic acid groups (broad SMARTS) is 1. The van der Waals surface area contributed by atoms with Crippen LogP contribution in [0.2, 0.25) is 0 Å². The molecule has 2 aliphatic rings. The molecule has 6 nitrogen and oxygen atoms in total. The molecule has 1 saturated heterocycles. The van der Waals surface area contributed by atoms with E-state index in [0.717, 1.165) is 25.7 Å². The Kier molecular flexibility index (Phi) is 4.09. The first-order valence-electron chi connectivity index (χ1n) is 8.92. The third kappa shape index (κ3) is 2.53. The normalized spacial score (nSPS) is 25.3. The molecule has 0 radical (unpaired) electrons. The zero-order valence-corrected chi connectivity index (χ0v) is 14.5. The quantitative estimate of drug-likeness (QED) is 0.881. The van der Waals surface area contributed by atoms with Crippen LogP contribution in [0, 0.1) is 11.7 Å². The number of hydrogen-bond donors (Lipinski definition) is 2. The minimum Gasteiger partial charge on any atom is -0.496 e. The number of aromatic nitrogens is 1. The SMILES string of the molecule is COc1ccc(F)c2[nH]c(C(=O)N3C(C(=O)O)CC4CCCCC43)cc12. The minimum absolute atomic E-state index is 0.0597. The first-order chi connectivity index (χ1) is 12.5. The van der Waals surface area contributed by atoms with Gasteiger partial charge in [-0.05, 0) is 43.4 Å². The molecule has 1 saturated carbocycles. The Morgan fingerprint density at radius 1 is 1.31 bits per heavy atom. The maximum absolute atomic E-state index is 14.1. The van der Waals surface area contributed by atoms with Crippen LogP contribution in [0.5, 0.6) is 5.75 Å². The molecule has 7 heteroatoms. The number of ether oxygens (including phenoxy) is 1. The first kappa shape index (κ1) is 16.9. The number of rotatable bonds is 3. The largest absolute Gasteiger partial charge is 0.496 e. The number of carbonyl (C=O) groups excluding carboxylic acids is 1. The Balaban J connectivity index is 1.75. The van der Waals surface area contributed by atoms with Crippen molar-refractivity contribution in [2.24, 2.45) is 5.92 Å². The molecule has 1 aliphatic carbocycles. The van der Waals surface area contributed by atoms with E-state index < -0.39 is 17.8 Å². The molecule has 1 amide bonds. The number of methoxy groups -OCH3 is 1. The number of amides is 1. The number of carbonyl (C=O) groups is 2. The van der Waals surface area contributed by atoms with Crippen LogP contribution in [0.3, 0.4) is 0 Å². The summed E-state index contributed by atoms with van der Waals surface area (Å²) in [5.41, 5.74) is 0.389. The lowest BCUT2D eigenvalue weighted by Gasteiger charge is -2.32. The summed E-state index contributed by atoms with van der Waals surface area (Å²) < 4.78 is 19.4. The van der Waals surface area contributed by atoms with Crippen LogP contribution in [0.4, 0.5) is 4.39 Å². The topological polar surface area (TPSA) is 82.6 Å². The molecule has 1 aliphatic heterocycles. The average molecular weight is 360 g/mol. The summed E-state index contributed by atoms with van der Waals surface area (Å²) in [5.74, 6) is -1.16. The summed E-state index contributed by atoms with van der Waals surface area (Å²) in [6.07, 6.45) is 4.33. The Labute approximate surface area is 149 Å². The van der Waals surface area contributed by atoms with Gasteiger partial charge in [-0.3, -0.25) is 4.79 Å². The number of aliphatic carboxylic acids is 1. The molecule has 1 aromatic heterocycles. The van der Waals surface area contributed by atoms with Crippen LogP contribution >= 0.6 is 0 Å². The van der Waals surface area contributed by atoms with Gasteiger partial charge in [-0.1, -0.05) is 12.8 Å². The summed E-state index contributed by atoms with van der Waals surface area (Å²) >= 11 is 0. The van der Waals surface area contributed by atoms with E-state index in [1.54, 1.807) is 6.07 Å². The molecule has 0 bridgehead atoms. The van der Waals surface area contributed by atoms with Gasteiger partial charge < -0.3 is 19.7 Å². The number of likely N-dealkylation sites (tertiary alicyclic amines) is 1. The molecular weight excluding hydrogens is 339 g/mol. The molecule has 3 unspecified atom stereocenters. The van der Waals surface area contributed by atoms with Gasteiger partial charge in [-0.15, -0.1) is 0 Å². The van der Waals surface area contributed by atoms with Crippen LogP contribution in [0.15, 0.2) is 18.2 Å². The molecular formula is C19H21FN2O4. The third-order valence-corrected chi connectivity index (χ3v) is 5.76. The van der Waals surface area contributed by atoms with E-state index >= 15 is 0 Å². The van der Waals surface area contributed by atoms with Crippen molar-refractivity contribution in [3.63, 3.8) is 0 Å². The van der Waals surface area contributed by atoms with Crippen LogP contribution in [0.1, 0.15) is 42.6 Å². The zero-order valence-electron chi connectivity index (χ0n) is 14.5. The Bertz CT molecular complexity index is 878. The molecule has 2 fully saturated rings. The number of carboxylic acids is 1. The van der Waals surface area contributed by atoms with Gasteiger partial charge in [0.15, 0.2) is 0 Å². The van der Waals surface area contributed by atoms with E-state index in [-0.39, 0.29) is 29.1 Å². The van der Waals surface area contributed by atoms with Gasteiger partial charge in [-0.2, -0.15) is 0 Å². The number of hydrogen-bond acceptors (Lipinski definition) is 3. The number of nitrogens with one attached hydrogen (secondary N) is 1. The number of benzene rings is 1. The van der Waals surface area contributed by atoms with Crippen molar-refractivity contribution in [2.45, 2.75) is 44.2 Å². The molecule has 2 N–H and O–H groups in total. The summed E-state index contributed by atoms with van der Waals surface area (Å²) in [6, 6.07) is 3.45. The van der Waals surface area contributed by atoms with Gasteiger partial charge in [0, 0.05) is 11.4 Å². The smallest absolute Gasteiger partial charge is 0.326 e. The molecule has 138 valence electrons. The average Bonchev–Trinajstić information content (AvgIpc) is 3.24. The predicted molar refractivity (Wildman–Crippen MR) is 92.8 cm³/mol. The van der Waals surface area contributed by atoms with Crippen molar-refractivity contribution < 1.29 is 23.8 Å². The summed E-state index contributed by atoms with van der Waals surface area (Å²) in [5, 5.41) is 10.1. The van der Waals surface area contributed by atoms with Crippen molar-refractivity contribution >= 4 is 22.8 Å². The Hall–Kier alpha value is -2.57. The molecule has 2 heterocycles. The van der Waals surface area contributed by atoms with Crippen LogP contribution < -0.4 is 4.74 Å². The standard InChI is InChI=1S/C19H21FN2O4/c1-26-16-7-6-12(20)17-11(16)9-13(21-17)18(23)22-14-5-3-2-4-10(14)8-15(22)19(24)25/h6-7,9-10,14-15,21H,2-5,8H2,1H3,(H,24,25). The van der Waals surface area contributed by atoms with E-state index in [9.17, 15) is 19.1 Å². The number of nitrogens with zero attached hydrogens (tertiary/aromatic N) is 1. The van der Waals surface area contributed by atoms with Crippen molar-refractivity contribution in [1.29, 1.82) is 0 Å². The highest BCUT2D eigenvalue weighted by Gasteiger charge is 2.48. The van der Waals surface area contributed by atoms with Gasteiger partial charge in [0.2, 0.25) is 0 Å². The number of halogens is 1. The van der Waals surface area contributed by atoms with Gasteiger partial charge in [0.1, 0.15) is 23.3 Å². The maximum Gasteiger partial charge on any atom is 0.326 e. The first-order valence-corrected chi connectivity index (χ1v) is 8.92. The van der Waals surface area contributed by atoms with Crippen molar-refractivity contribution in [3.8, 4) is 5.75 Å². The van der Waals surface area contributed by atoms with Gasteiger partial charge in [0.25, 0.3) is 5.91 Å². The molecule has 1 aromatic carbocycles. The molecule has 2 aromatic rings. The van der Waals surface area contributed by atoms with Crippen molar-refractivity contribution in [1.82, 2.24) is 9.88 Å². The van der Waals surface area contributed by atoms with Crippen LogP contribution in [-0.4, -0.2) is 46.1 Å². The van der Waals surface area contributed by atoms with Gasteiger partial charge in [0.05, 0.1) is 12.6 Å². The second-order valence-corrected chi connectivity index (χ2v) is 7.14. The Morgan fingerprint density at radius 2 is 2.08 bits per heavy atom. The van der Waals surface area contributed by atoms with Crippen LogP contribution in [-0.2, 0) is 4.79 Å². The van der Waals surface area contributed by atoms with E-state index in [1.807, 2.05) is 0 Å². The van der Waals surface area contributed by atoms with E-state index in [0.29, 0.717) is 17.6 Å². The van der Waals surface area contributed by atoms with Gasteiger partial charge in [-0.25, -0.2) is 9.18 Å². The second kappa shape index (κ2) is 6.30. The second-order valence-electron chi connectivity index (χ2n) is 7.14. The molecule has 0 spiro atoms. The molecule has 26 heavy (non-hydrogen) atoms. The summed E-state index contributed by atoms with van der Waals surface area (Å²) in [6.45, 7) is 0. The Morgan fingerprint density at radius 3 is 2.81 bits per heavy atom. The summed E-state index contributed by atoms with van der Waals surface area (Å²) in [7, 11) is 1.48. The maximum atomic E-state index is 14.1. The fourth-order valence-electron chi connectivity index (χ4n) is 4.56. The predicted octanol–water partition coefficient (Wildman–Crippen LogP) is 3.17. The zero-order chi connectivity index (χ0) is 18.4. The van der Waals surface area contributed by atoms with E-state index in [1.165, 1.54) is 24.1 Å². The number of aromatic amines is 1. The number of fused-ring (bicyclic) bond motifs is 2. The van der Waals surface area contributed by atoms with Crippen molar-refractivity contribution in [2.75, 3.05) is 7.11 Å². The number of H-pyrrole nitrogens is 1. The highest BCUT2D eigenvalue weighted by atomic mass is 19.1. The van der Waals surface area contributed by atoms with Crippen LogP contribution in [0.25, 0.3) is 10.9 Å². The fourth-order valence-corrected chi connectivity index (χ4v) is 4.56. The monoisotopic (exact) mass is 360 g/mol. The van der Waals surface area contributed by atoms with Gasteiger partial charge >= 0.3 is 5.97 Å². The highest BCUT2D eigenvalue weighted by molar-refractivity contribution is 6.01. The lowest BCUT2D eigenvalue weighted by molar-refractivity contribution is -0.141. The summed E-state index contributed by atoms with van der Waals surface area (Å²) in [4.78, 5) is 29.2. The molecule has 4 rings (SSSR count). The van der Waals surface area contributed by atoms with E-state index in [2.05, 4.69) is 4.98 Å². The molecule has 3 atom stereocenters. The minimum atomic E-state index is -0.979.